The van der Waals surface area contributed by atoms with E-state index < -0.39 is 6.04 Å². The Bertz CT molecular complexity index is 1440. The molecular formula is C30H31ClN4O2. The molecule has 190 valence electrons. The van der Waals surface area contributed by atoms with E-state index in [0.717, 1.165) is 28.7 Å². The van der Waals surface area contributed by atoms with Gasteiger partial charge in [-0.1, -0.05) is 73.5 Å². The van der Waals surface area contributed by atoms with Crippen molar-refractivity contribution in [2.45, 2.75) is 40.3 Å². The van der Waals surface area contributed by atoms with Gasteiger partial charge in [-0.15, -0.1) is 0 Å². The van der Waals surface area contributed by atoms with Gasteiger partial charge in [-0.3, -0.25) is 9.59 Å². The number of hydrazone groups is 1. The molecule has 0 aliphatic carbocycles. The van der Waals surface area contributed by atoms with E-state index in [1.807, 2.05) is 26.0 Å². The van der Waals surface area contributed by atoms with Crippen molar-refractivity contribution in [1.29, 1.82) is 0 Å². The van der Waals surface area contributed by atoms with Crippen LogP contribution >= 0.6 is 11.6 Å². The van der Waals surface area contributed by atoms with E-state index in [9.17, 15) is 9.59 Å². The van der Waals surface area contributed by atoms with Crippen LogP contribution in [0.25, 0.3) is 10.9 Å². The third kappa shape index (κ3) is 6.09. The second-order valence-corrected chi connectivity index (χ2v) is 9.96. The van der Waals surface area contributed by atoms with Crippen molar-refractivity contribution in [1.82, 2.24) is 15.3 Å². The number of carbonyl (C=O) groups excluding carboxylic acids is 2. The Kier molecular flexibility index (Phi) is 8.09. The highest BCUT2D eigenvalue weighted by molar-refractivity contribution is 6.30. The first-order valence-corrected chi connectivity index (χ1v) is 12.6. The van der Waals surface area contributed by atoms with Gasteiger partial charge in [0.2, 0.25) is 0 Å². The first-order valence-electron chi connectivity index (χ1n) is 12.3. The van der Waals surface area contributed by atoms with Crippen molar-refractivity contribution in [3.63, 3.8) is 0 Å². The van der Waals surface area contributed by atoms with E-state index in [4.69, 9.17) is 11.6 Å². The monoisotopic (exact) mass is 514 g/mol. The molecule has 0 spiro atoms. The Hall–Kier alpha value is -3.90. The van der Waals surface area contributed by atoms with Crippen LogP contribution in [0, 0.1) is 19.8 Å². The zero-order valence-electron chi connectivity index (χ0n) is 21.5. The minimum Gasteiger partial charge on any atom is -0.340 e. The molecule has 2 amide bonds. The Balaban J connectivity index is 1.52. The second kappa shape index (κ2) is 11.4. The molecule has 0 aliphatic heterocycles. The number of aromatic nitrogens is 1. The molecule has 0 radical (unpaired) electrons. The fraction of sp³-hybridized carbons (Fsp3) is 0.233. The highest BCUT2D eigenvalue weighted by Gasteiger charge is 2.24. The van der Waals surface area contributed by atoms with Crippen LogP contribution in [-0.4, -0.2) is 28.6 Å². The van der Waals surface area contributed by atoms with Crippen molar-refractivity contribution < 1.29 is 9.59 Å². The van der Waals surface area contributed by atoms with E-state index in [-0.39, 0.29) is 17.7 Å². The van der Waals surface area contributed by atoms with Crippen LogP contribution < -0.4 is 10.7 Å². The Morgan fingerprint density at radius 3 is 2.32 bits per heavy atom. The molecule has 0 saturated carbocycles. The average molecular weight is 515 g/mol. The molecule has 0 aliphatic rings. The number of carbonyl (C=O) groups is 2. The minimum absolute atomic E-state index is 0.135. The van der Waals surface area contributed by atoms with Crippen molar-refractivity contribution in [2.75, 3.05) is 0 Å². The smallest absolute Gasteiger partial charge is 0.262 e. The predicted molar refractivity (Wildman–Crippen MR) is 150 cm³/mol. The molecule has 4 aromatic rings. The molecule has 2 N–H and O–H groups in total. The summed E-state index contributed by atoms with van der Waals surface area (Å²) in [5.41, 5.74) is 8.58. The van der Waals surface area contributed by atoms with E-state index in [1.54, 1.807) is 30.5 Å². The first-order chi connectivity index (χ1) is 17.7. The maximum atomic E-state index is 13.0. The molecule has 0 saturated heterocycles. The predicted octanol–water partition coefficient (Wildman–Crippen LogP) is 5.86. The van der Waals surface area contributed by atoms with Gasteiger partial charge in [-0.05, 0) is 55.7 Å². The summed E-state index contributed by atoms with van der Waals surface area (Å²) >= 11 is 5.91. The zero-order chi connectivity index (χ0) is 26.5. The molecule has 0 bridgehead atoms. The van der Waals surface area contributed by atoms with E-state index in [0.29, 0.717) is 10.6 Å². The lowest BCUT2D eigenvalue weighted by Crippen LogP contribution is -2.48. The van der Waals surface area contributed by atoms with Crippen LogP contribution in [0.3, 0.4) is 0 Å². The lowest BCUT2D eigenvalue weighted by atomic mass is 10.0. The van der Waals surface area contributed by atoms with Crippen molar-refractivity contribution in [3.8, 4) is 0 Å². The maximum absolute atomic E-state index is 13.0. The summed E-state index contributed by atoms with van der Waals surface area (Å²) in [5.74, 6) is -0.858. The summed E-state index contributed by atoms with van der Waals surface area (Å²) < 4.78 is 2.26. The van der Waals surface area contributed by atoms with Crippen LogP contribution in [0.5, 0.6) is 0 Å². The Labute approximate surface area is 222 Å². The van der Waals surface area contributed by atoms with E-state index in [2.05, 4.69) is 70.7 Å². The van der Waals surface area contributed by atoms with Crippen molar-refractivity contribution in [2.24, 2.45) is 11.0 Å². The normalized spacial score (nSPS) is 12.3. The summed E-state index contributed by atoms with van der Waals surface area (Å²) in [4.78, 5) is 25.6. The van der Waals surface area contributed by atoms with Gasteiger partial charge in [0.05, 0.1) is 6.21 Å². The standard InChI is InChI=1S/C30H31ClN4O2/c1-19(2)28(33-29(36)23-13-15-24(31)16-14-23)30(37)34-32-17-26-21(4)35(27-8-6-5-7-25(26)27)18-22-11-9-20(3)10-12-22/h5-17,19,28H,18H2,1-4H3,(H,33,36)(H,34,37)/b32-17-. The molecule has 3 aromatic carbocycles. The van der Waals surface area contributed by atoms with Gasteiger partial charge in [0.15, 0.2) is 0 Å². The van der Waals surface area contributed by atoms with Gasteiger partial charge in [-0.25, -0.2) is 5.43 Å². The third-order valence-corrected chi connectivity index (χ3v) is 6.70. The number of rotatable bonds is 8. The molecule has 4 rings (SSSR count). The molecule has 0 fully saturated rings. The second-order valence-electron chi connectivity index (χ2n) is 9.52. The molecule has 37 heavy (non-hydrogen) atoms. The molecule has 7 heteroatoms. The zero-order valence-corrected chi connectivity index (χ0v) is 22.2. The van der Waals surface area contributed by atoms with Crippen LogP contribution in [-0.2, 0) is 11.3 Å². The number of nitrogens with one attached hydrogen (secondary N) is 2. The number of fused-ring (bicyclic) bond motifs is 1. The minimum atomic E-state index is -0.746. The highest BCUT2D eigenvalue weighted by Crippen LogP contribution is 2.25. The van der Waals surface area contributed by atoms with Gasteiger partial charge in [0.1, 0.15) is 6.04 Å². The fourth-order valence-corrected chi connectivity index (χ4v) is 4.42. The van der Waals surface area contributed by atoms with Crippen molar-refractivity contribution >= 4 is 40.5 Å². The lowest BCUT2D eigenvalue weighted by Gasteiger charge is -2.20. The summed E-state index contributed by atoms with van der Waals surface area (Å²) in [5, 5.41) is 8.68. The van der Waals surface area contributed by atoms with Crippen LogP contribution in [0.1, 0.15) is 46.6 Å². The SMILES string of the molecule is Cc1ccc(Cn2c(C)c(/C=N\NC(=O)C(NC(=O)c3ccc(Cl)cc3)C(C)C)c3ccccc32)cc1. The van der Waals surface area contributed by atoms with Gasteiger partial charge < -0.3 is 9.88 Å². The highest BCUT2D eigenvalue weighted by atomic mass is 35.5. The van der Waals surface area contributed by atoms with Crippen LogP contribution in [0.15, 0.2) is 77.9 Å². The number of hydrogen-bond acceptors (Lipinski definition) is 3. The molecule has 6 nitrogen and oxygen atoms in total. The molecule has 1 atom stereocenters. The van der Waals surface area contributed by atoms with Crippen LogP contribution in [0.4, 0.5) is 0 Å². The summed E-state index contributed by atoms with van der Waals surface area (Å²) in [6.07, 6.45) is 1.68. The number of halogens is 1. The molecule has 1 unspecified atom stereocenters. The summed E-state index contributed by atoms with van der Waals surface area (Å²) in [7, 11) is 0. The van der Waals surface area contributed by atoms with Crippen LogP contribution in [0.2, 0.25) is 5.02 Å². The van der Waals surface area contributed by atoms with Gasteiger partial charge >= 0.3 is 0 Å². The quantitative estimate of drug-likeness (QED) is 0.228. The van der Waals surface area contributed by atoms with E-state index >= 15 is 0 Å². The number of aryl methyl sites for hydroxylation is 1. The number of hydrogen-bond donors (Lipinski definition) is 2. The molecule has 1 heterocycles. The number of benzene rings is 3. The van der Waals surface area contributed by atoms with Gasteiger partial charge in [-0.2, -0.15) is 5.10 Å². The number of para-hydroxylation sites is 1. The average Bonchev–Trinajstić information content (AvgIpc) is 3.14. The Morgan fingerprint density at radius 1 is 0.973 bits per heavy atom. The third-order valence-electron chi connectivity index (χ3n) is 6.45. The lowest BCUT2D eigenvalue weighted by molar-refractivity contribution is -0.123. The largest absolute Gasteiger partial charge is 0.340 e. The number of nitrogens with zero attached hydrogens (tertiary/aromatic N) is 2. The van der Waals surface area contributed by atoms with E-state index in [1.165, 1.54) is 11.1 Å². The maximum Gasteiger partial charge on any atom is 0.262 e. The van der Waals surface area contributed by atoms with Gasteiger partial charge in [0, 0.05) is 39.3 Å². The fourth-order valence-electron chi connectivity index (χ4n) is 4.29. The summed E-state index contributed by atoms with van der Waals surface area (Å²) in [6, 6.07) is 22.5. The van der Waals surface area contributed by atoms with Crippen molar-refractivity contribution in [3.05, 3.63) is 106 Å². The Morgan fingerprint density at radius 2 is 1.65 bits per heavy atom. The molecule has 1 aromatic heterocycles. The van der Waals surface area contributed by atoms with Gasteiger partial charge in [0.25, 0.3) is 11.8 Å². The molecular weight excluding hydrogens is 484 g/mol. The summed E-state index contributed by atoms with van der Waals surface area (Å²) in [6.45, 7) is 8.62. The first kappa shape index (κ1) is 26.2. The topological polar surface area (TPSA) is 75.5 Å². The number of amides is 2.